The molecule has 0 heterocycles. The van der Waals surface area contributed by atoms with Crippen LogP contribution in [0.4, 0.5) is 0 Å². The van der Waals surface area contributed by atoms with Gasteiger partial charge in [0.2, 0.25) is 0 Å². The van der Waals surface area contributed by atoms with Gasteiger partial charge in [-0.05, 0) is 44.9 Å². The summed E-state index contributed by atoms with van der Waals surface area (Å²) < 4.78 is 12.9. The first-order valence-corrected chi connectivity index (χ1v) is 7.66. The van der Waals surface area contributed by atoms with Crippen molar-refractivity contribution >= 4 is 16.6 Å². The van der Waals surface area contributed by atoms with E-state index in [0.717, 1.165) is 21.6 Å². The quantitative estimate of drug-likeness (QED) is 0.800. The van der Waals surface area contributed by atoms with E-state index in [2.05, 4.69) is 0 Å². The lowest BCUT2D eigenvalue weighted by Gasteiger charge is -2.13. The third-order valence-electron chi connectivity index (χ3n) is 3.26. The average molecular weight is 286 g/mol. The first-order valence-electron chi connectivity index (χ1n) is 6.51. The van der Waals surface area contributed by atoms with Crippen LogP contribution in [0.5, 0.6) is 0 Å². The highest BCUT2D eigenvalue weighted by atomic mass is 32.2. The van der Waals surface area contributed by atoms with Crippen molar-refractivity contribution in [1.29, 1.82) is 0 Å². The van der Waals surface area contributed by atoms with Crippen molar-refractivity contribution in [3.8, 4) is 0 Å². The van der Waals surface area contributed by atoms with Gasteiger partial charge in [0.05, 0.1) is 15.7 Å². The molecular formula is C17H18O2S. The average Bonchev–Trinajstić information content (AvgIpc) is 2.37. The van der Waals surface area contributed by atoms with Crippen molar-refractivity contribution in [2.24, 2.45) is 0 Å². The van der Waals surface area contributed by atoms with Gasteiger partial charge in [0.1, 0.15) is 0 Å². The molecule has 0 aromatic heterocycles. The summed E-state index contributed by atoms with van der Waals surface area (Å²) >= 11 is 0. The SMILES string of the molecule is CC(=O)c1ccccc1S(=O)c1c(C)cc(C)cc1C. The molecule has 0 aliphatic carbocycles. The molecule has 1 atom stereocenters. The normalized spacial score (nSPS) is 12.2. The van der Waals surface area contributed by atoms with E-state index in [1.54, 1.807) is 18.2 Å². The zero-order valence-electron chi connectivity index (χ0n) is 12.2. The molecule has 0 N–H and O–H groups in total. The lowest BCUT2D eigenvalue weighted by molar-refractivity contribution is 0.101. The van der Waals surface area contributed by atoms with Gasteiger partial charge in [-0.1, -0.05) is 35.9 Å². The van der Waals surface area contributed by atoms with Gasteiger partial charge in [-0.25, -0.2) is 4.21 Å². The second-order valence-corrected chi connectivity index (χ2v) is 6.43. The number of hydrogen-bond acceptors (Lipinski definition) is 2. The van der Waals surface area contributed by atoms with Gasteiger partial charge in [-0.3, -0.25) is 4.79 Å². The summed E-state index contributed by atoms with van der Waals surface area (Å²) in [6.45, 7) is 7.45. The standard InChI is InChI=1S/C17H18O2S/c1-11-9-12(2)17(13(3)10-11)20(19)16-8-6-5-7-15(16)14(4)18/h5-10H,1-4H3. The molecule has 0 radical (unpaired) electrons. The topological polar surface area (TPSA) is 34.1 Å². The van der Waals surface area contributed by atoms with Crippen LogP contribution < -0.4 is 0 Å². The summed E-state index contributed by atoms with van der Waals surface area (Å²) in [4.78, 5) is 13.1. The Morgan fingerprint density at radius 2 is 1.55 bits per heavy atom. The number of carbonyl (C=O) groups is 1. The zero-order chi connectivity index (χ0) is 14.9. The van der Waals surface area contributed by atoms with Gasteiger partial charge in [0, 0.05) is 10.5 Å². The van der Waals surface area contributed by atoms with Crippen LogP contribution in [0.1, 0.15) is 34.0 Å². The second-order valence-electron chi connectivity index (χ2n) is 5.05. The number of aryl methyl sites for hydroxylation is 3. The monoisotopic (exact) mass is 286 g/mol. The predicted molar refractivity (Wildman–Crippen MR) is 81.8 cm³/mol. The summed E-state index contributed by atoms with van der Waals surface area (Å²) in [6.07, 6.45) is 0. The fourth-order valence-electron chi connectivity index (χ4n) is 2.49. The largest absolute Gasteiger partial charge is 0.294 e. The number of benzene rings is 2. The van der Waals surface area contributed by atoms with Gasteiger partial charge in [0.25, 0.3) is 0 Å². The highest BCUT2D eigenvalue weighted by Gasteiger charge is 2.18. The molecule has 20 heavy (non-hydrogen) atoms. The number of hydrogen-bond donors (Lipinski definition) is 0. The Labute approximate surface area is 122 Å². The molecule has 2 rings (SSSR count). The van der Waals surface area contributed by atoms with Gasteiger partial charge >= 0.3 is 0 Å². The number of Topliss-reactive ketones (excluding diaryl/α,β-unsaturated/α-hetero) is 1. The van der Waals surface area contributed by atoms with E-state index in [4.69, 9.17) is 0 Å². The maximum Gasteiger partial charge on any atom is 0.161 e. The number of ketones is 1. The summed E-state index contributed by atoms with van der Waals surface area (Å²) in [5, 5.41) is 0. The van der Waals surface area contributed by atoms with Crippen molar-refractivity contribution in [1.82, 2.24) is 0 Å². The Balaban J connectivity index is 2.61. The first kappa shape index (κ1) is 14.7. The Kier molecular flexibility index (Phi) is 4.19. The Morgan fingerprint density at radius 1 is 1.00 bits per heavy atom. The van der Waals surface area contributed by atoms with Gasteiger partial charge < -0.3 is 0 Å². The minimum Gasteiger partial charge on any atom is -0.294 e. The molecule has 0 aliphatic heterocycles. The first-order chi connectivity index (χ1) is 9.41. The molecule has 2 aromatic rings. The van der Waals surface area contributed by atoms with E-state index >= 15 is 0 Å². The predicted octanol–water partition coefficient (Wildman–Crippen LogP) is 3.98. The molecule has 0 saturated carbocycles. The molecule has 104 valence electrons. The van der Waals surface area contributed by atoms with Crippen LogP contribution in [0.25, 0.3) is 0 Å². The van der Waals surface area contributed by atoms with Crippen molar-refractivity contribution < 1.29 is 9.00 Å². The minimum absolute atomic E-state index is 0.0589. The molecule has 1 unspecified atom stereocenters. The van der Waals surface area contributed by atoms with Crippen molar-refractivity contribution in [3.05, 3.63) is 58.7 Å². The molecule has 2 nitrogen and oxygen atoms in total. The van der Waals surface area contributed by atoms with Crippen molar-refractivity contribution in [2.75, 3.05) is 0 Å². The molecule has 0 saturated heterocycles. The molecule has 0 aliphatic rings. The maximum absolute atomic E-state index is 12.9. The fraction of sp³-hybridized carbons (Fsp3) is 0.235. The van der Waals surface area contributed by atoms with Crippen LogP contribution in [-0.4, -0.2) is 9.99 Å². The molecular weight excluding hydrogens is 268 g/mol. The van der Waals surface area contributed by atoms with Gasteiger partial charge in [-0.2, -0.15) is 0 Å². The summed E-state index contributed by atoms with van der Waals surface area (Å²) in [5.41, 5.74) is 3.68. The highest BCUT2D eigenvalue weighted by molar-refractivity contribution is 7.85. The van der Waals surface area contributed by atoms with Crippen LogP contribution in [0, 0.1) is 20.8 Å². The molecule has 0 bridgehead atoms. The van der Waals surface area contributed by atoms with E-state index in [1.807, 2.05) is 39.0 Å². The Bertz CT molecular complexity index is 679. The summed E-state index contributed by atoms with van der Waals surface area (Å²) in [7, 11) is -1.33. The number of rotatable bonds is 3. The molecule has 0 fully saturated rings. The summed E-state index contributed by atoms with van der Waals surface area (Å²) in [6, 6.07) is 11.2. The van der Waals surface area contributed by atoms with Crippen LogP contribution in [-0.2, 0) is 10.8 Å². The minimum atomic E-state index is -1.33. The third-order valence-corrected chi connectivity index (χ3v) is 5.03. The summed E-state index contributed by atoms with van der Waals surface area (Å²) in [5.74, 6) is -0.0589. The highest BCUT2D eigenvalue weighted by Crippen LogP contribution is 2.27. The van der Waals surface area contributed by atoms with E-state index < -0.39 is 10.8 Å². The van der Waals surface area contributed by atoms with Crippen LogP contribution in [0.2, 0.25) is 0 Å². The lowest BCUT2D eigenvalue weighted by atomic mass is 10.1. The lowest BCUT2D eigenvalue weighted by Crippen LogP contribution is -2.05. The molecule has 0 amide bonds. The molecule has 3 heteroatoms. The van der Waals surface area contributed by atoms with Crippen LogP contribution >= 0.6 is 0 Å². The molecule has 0 spiro atoms. The fourth-order valence-corrected chi connectivity index (χ4v) is 4.02. The van der Waals surface area contributed by atoms with E-state index in [9.17, 15) is 9.00 Å². The zero-order valence-corrected chi connectivity index (χ0v) is 13.0. The number of carbonyl (C=O) groups excluding carboxylic acids is 1. The van der Waals surface area contributed by atoms with Crippen LogP contribution in [0.3, 0.4) is 0 Å². The Morgan fingerprint density at radius 3 is 2.10 bits per heavy atom. The van der Waals surface area contributed by atoms with Crippen LogP contribution in [0.15, 0.2) is 46.2 Å². The van der Waals surface area contributed by atoms with Crippen molar-refractivity contribution in [3.63, 3.8) is 0 Å². The second kappa shape index (κ2) is 5.71. The van der Waals surface area contributed by atoms with E-state index in [1.165, 1.54) is 6.92 Å². The van der Waals surface area contributed by atoms with Gasteiger partial charge in [-0.15, -0.1) is 0 Å². The van der Waals surface area contributed by atoms with E-state index in [-0.39, 0.29) is 5.78 Å². The third kappa shape index (κ3) is 2.73. The van der Waals surface area contributed by atoms with Gasteiger partial charge in [0.15, 0.2) is 5.78 Å². The Hall–Kier alpha value is -1.74. The smallest absolute Gasteiger partial charge is 0.161 e. The maximum atomic E-state index is 12.9. The van der Waals surface area contributed by atoms with Crippen molar-refractivity contribution in [2.45, 2.75) is 37.5 Å². The van der Waals surface area contributed by atoms with E-state index in [0.29, 0.717) is 10.5 Å². The molecule has 2 aromatic carbocycles.